The molecule has 36 heavy (non-hydrogen) atoms. The summed E-state index contributed by atoms with van der Waals surface area (Å²) in [6, 6.07) is 31.7. The third-order valence-corrected chi connectivity index (χ3v) is 7.39. The largest absolute Gasteiger partial charge is 0.323 e. The van der Waals surface area contributed by atoms with E-state index < -0.39 is 0 Å². The molecule has 180 valence electrons. The second-order valence-corrected chi connectivity index (χ2v) is 10.9. The number of hydrogen-bond acceptors (Lipinski definition) is 2. The van der Waals surface area contributed by atoms with E-state index in [2.05, 4.69) is 92.1 Å². The first-order valence-corrected chi connectivity index (χ1v) is 12.7. The van der Waals surface area contributed by atoms with Crippen LogP contribution < -0.4 is 4.90 Å². The smallest absolute Gasteiger partial charge is 0.227 e. The number of imidazole rings is 1. The fraction of sp³-hybridized carbons (Fsp3) is 0.250. The van der Waals surface area contributed by atoms with Gasteiger partial charge in [-0.1, -0.05) is 93.6 Å². The third-order valence-electron chi connectivity index (χ3n) is 7.39. The van der Waals surface area contributed by atoms with Gasteiger partial charge in [0.2, 0.25) is 5.91 Å². The molecule has 0 bridgehead atoms. The van der Waals surface area contributed by atoms with Crippen LogP contribution in [0.3, 0.4) is 0 Å². The lowest BCUT2D eigenvalue weighted by molar-refractivity contribution is -0.117. The highest BCUT2D eigenvalue weighted by atomic mass is 16.2. The molecule has 0 N–H and O–H groups in total. The zero-order valence-electron chi connectivity index (χ0n) is 21.1. The highest BCUT2D eigenvalue weighted by Crippen LogP contribution is 2.36. The molecule has 1 atom stereocenters. The van der Waals surface area contributed by atoms with Gasteiger partial charge in [0.1, 0.15) is 5.82 Å². The van der Waals surface area contributed by atoms with Crippen LogP contribution in [0.1, 0.15) is 50.1 Å². The first-order valence-electron chi connectivity index (χ1n) is 12.7. The number of carbonyl (C=O) groups is 1. The fourth-order valence-corrected chi connectivity index (χ4v) is 5.42. The van der Waals surface area contributed by atoms with E-state index in [-0.39, 0.29) is 17.2 Å². The Labute approximate surface area is 212 Å². The second kappa shape index (κ2) is 8.63. The first kappa shape index (κ1) is 22.5. The second-order valence-electron chi connectivity index (χ2n) is 10.9. The van der Waals surface area contributed by atoms with Crippen molar-refractivity contribution in [3.8, 4) is 0 Å². The summed E-state index contributed by atoms with van der Waals surface area (Å²) in [6.45, 7) is 8.09. The van der Waals surface area contributed by atoms with E-state index in [1.807, 2.05) is 29.2 Å². The monoisotopic (exact) mass is 473 g/mol. The normalized spacial score (nSPS) is 16.4. The number of carbonyl (C=O) groups excluding carboxylic acids is 1. The first-order chi connectivity index (χ1) is 17.4. The minimum Gasteiger partial charge on any atom is -0.323 e. The Kier molecular flexibility index (Phi) is 5.40. The van der Waals surface area contributed by atoms with Gasteiger partial charge in [0.05, 0.1) is 16.7 Å². The molecule has 1 aliphatic heterocycles. The molecule has 4 heteroatoms. The van der Waals surface area contributed by atoms with Crippen molar-refractivity contribution in [1.29, 1.82) is 0 Å². The minimum absolute atomic E-state index is 0.0396. The van der Waals surface area contributed by atoms with Crippen molar-refractivity contribution in [2.45, 2.75) is 45.1 Å². The van der Waals surface area contributed by atoms with Crippen molar-refractivity contribution in [1.82, 2.24) is 9.55 Å². The summed E-state index contributed by atoms with van der Waals surface area (Å²) in [4.78, 5) is 20.3. The molecular weight excluding hydrogens is 442 g/mol. The lowest BCUT2D eigenvalue weighted by Crippen LogP contribution is -2.24. The van der Waals surface area contributed by atoms with Crippen molar-refractivity contribution >= 4 is 33.4 Å². The van der Waals surface area contributed by atoms with Gasteiger partial charge in [0.15, 0.2) is 0 Å². The maximum atomic E-state index is 13.3. The van der Waals surface area contributed by atoms with Crippen molar-refractivity contribution in [3.05, 3.63) is 108 Å². The average Bonchev–Trinajstić information content (AvgIpc) is 3.44. The summed E-state index contributed by atoms with van der Waals surface area (Å²) in [5.41, 5.74) is 5.77. The fourth-order valence-electron chi connectivity index (χ4n) is 5.42. The Morgan fingerprint density at radius 1 is 0.861 bits per heavy atom. The van der Waals surface area contributed by atoms with Crippen LogP contribution in [0.4, 0.5) is 5.69 Å². The van der Waals surface area contributed by atoms with Crippen molar-refractivity contribution in [2.24, 2.45) is 0 Å². The van der Waals surface area contributed by atoms with Crippen LogP contribution in [-0.2, 0) is 16.8 Å². The van der Waals surface area contributed by atoms with E-state index in [0.29, 0.717) is 13.0 Å². The molecule has 1 fully saturated rings. The van der Waals surface area contributed by atoms with E-state index in [1.165, 1.54) is 11.1 Å². The Morgan fingerprint density at radius 3 is 2.39 bits per heavy atom. The van der Waals surface area contributed by atoms with Gasteiger partial charge in [0.25, 0.3) is 0 Å². The molecule has 0 spiro atoms. The van der Waals surface area contributed by atoms with Crippen LogP contribution in [0.25, 0.3) is 21.8 Å². The number of para-hydroxylation sites is 2. The topological polar surface area (TPSA) is 38.1 Å². The van der Waals surface area contributed by atoms with Gasteiger partial charge in [-0.3, -0.25) is 4.79 Å². The number of anilines is 1. The Balaban J connectivity index is 1.36. The minimum atomic E-state index is 0.0396. The van der Waals surface area contributed by atoms with Gasteiger partial charge in [-0.2, -0.15) is 0 Å². The average molecular weight is 474 g/mol. The summed E-state index contributed by atoms with van der Waals surface area (Å²) in [6.07, 6.45) is 0.468. The molecule has 1 unspecified atom stereocenters. The number of hydrogen-bond donors (Lipinski definition) is 0. The van der Waals surface area contributed by atoms with Gasteiger partial charge < -0.3 is 9.47 Å². The van der Waals surface area contributed by atoms with Gasteiger partial charge >= 0.3 is 0 Å². The van der Waals surface area contributed by atoms with Crippen LogP contribution in [-0.4, -0.2) is 22.0 Å². The maximum Gasteiger partial charge on any atom is 0.227 e. The highest BCUT2D eigenvalue weighted by molar-refractivity contribution is 6.05. The molecule has 2 heterocycles. The van der Waals surface area contributed by atoms with E-state index in [4.69, 9.17) is 4.98 Å². The number of benzene rings is 4. The summed E-state index contributed by atoms with van der Waals surface area (Å²) in [5.74, 6) is 1.19. The van der Waals surface area contributed by atoms with E-state index >= 15 is 0 Å². The standard InChI is InChI=1S/C32H31N3O/c1-32(2,3)25-17-15-22(16-18-25)20-35-29-13-7-6-12-27(29)33-31(35)24-19-30(36)34(21-24)28-14-8-10-23-9-4-5-11-26(23)28/h4-18,24H,19-21H2,1-3H3. The van der Waals surface area contributed by atoms with Gasteiger partial charge in [0, 0.05) is 30.8 Å². The van der Waals surface area contributed by atoms with Crippen LogP contribution in [0.15, 0.2) is 91.0 Å². The molecule has 5 aromatic rings. The lowest BCUT2D eigenvalue weighted by Gasteiger charge is -2.20. The predicted molar refractivity (Wildman–Crippen MR) is 148 cm³/mol. The molecular formula is C32H31N3O. The summed E-state index contributed by atoms with van der Waals surface area (Å²) in [5, 5.41) is 2.26. The molecule has 1 aromatic heterocycles. The van der Waals surface area contributed by atoms with Crippen LogP contribution in [0.2, 0.25) is 0 Å². The van der Waals surface area contributed by atoms with Crippen LogP contribution in [0, 0.1) is 0 Å². The third kappa shape index (κ3) is 3.97. The summed E-state index contributed by atoms with van der Waals surface area (Å²) < 4.78 is 2.31. The molecule has 1 amide bonds. The predicted octanol–water partition coefficient (Wildman–Crippen LogP) is 7.06. The summed E-state index contributed by atoms with van der Waals surface area (Å²) in [7, 11) is 0. The quantitative estimate of drug-likeness (QED) is 0.280. The van der Waals surface area contributed by atoms with Crippen LogP contribution in [0.5, 0.6) is 0 Å². The molecule has 0 aliphatic carbocycles. The SMILES string of the molecule is CC(C)(C)c1ccc(Cn2c(C3CC(=O)N(c4cccc5ccccc45)C3)nc3ccccc32)cc1. The Morgan fingerprint density at radius 2 is 1.58 bits per heavy atom. The van der Waals surface area contributed by atoms with E-state index in [1.54, 1.807) is 0 Å². The lowest BCUT2D eigenvalue weighted by atomic mass is 9.87. The zero-order valence-corrected chi connectivity index (χ0v) is 21.1. The zero-order chi connectivity index (χ0) is 24.9. The van der Waals surface area contributed by atoms with Gasteiger partial charge in [-0.25, -0.2) is 4.98 Å². The molecule has 0 radical (unpaired) electrons. The Bertz CT molecular complexity index is 1570. The number of aromatic nitrogens is 2. The Hall–Kier alpha value is -3.92. The molecule has 4 aromatic carbocycles. The molecule has 1 aliphatic rings. The highest BCUT2D eigenvalue weighted by Gasteiger charge is 2.35. The van der Waals surface area contributed by atoms with Gasteiger partial charge in [-0.15, -0.1) is 0 Å². The molecule has 6 rings (SSSR count). The number of rotatable bonds is 4. The van der Waals surface area contributed by atoms with E-state index in [0.717, 1.165) is 39.9 Å². The van der Waals surface area contributed by atoms with Crippen molar-refractivity contribution in [2.75, 3.05) is 11.4 Å². The summed E-state index contributed by atoms with van der Waals surface area (Å²) >= 11 is 0. The number of amides is 1. The van der Waals surface area contributed by atoms with E-state index in [9.17, 15) is 4.79 Å². The number of fused-ring (bicyclic) bond motifs is 2. The molecule has 1 saturated heterocycles. The number of nitrogens with zero attached hydrogens (tertiary/aromatic N) is 3. The maximum absolute atomic E-state index is 13.3. The van der Waals surface area contributed by atoms with Crippen molar-refractivity contribution < 1.29 is 4.79 Å². The van der Waals surface area contributed by atoms with Gasteiger partial charge in [-0.05, 0) is 40.1 Å². The molecule has 4 nitrogen and oxygen atoms in total. The van der Waals surface area contributed by atoms with Crippen molar-refractivity contribution in [3.63, 3.8) is 0 Å². The van der Waals surface area contributed by atoms with Crippen LogP contribution >= 0.6 is 0 Å². The molecule has 0 saturated carbocycles.